The third-order valence-electron chi connectivity index (χ3n) is 12.9. The number of amides is 3. The van der Waals surface area contributed by atoms with Crippen LogP contribution in [0.3, 0.4) is 0 Å². The molecule has 4 aromatic rings. The van der Waals surface area contributed by atoms with Gasteiger partial charge in [0.25, 0.3) is 0 Å². The summed E-state index contributed by atoms with van der Waals surface area (Å²) in [5.74, 6) is -6.83. The molecule has 6 rings (SSSR count). The Kier molecular flexibility index (Phi) is 16.4. The SMILES string of the molecule is CC(=O)[C@@H]1CCCN1C(=O)[C@H](C)CC(=O)[C@@H]1Cc2ccc(O)c(c2)-c2cc(ccc2O)[C@H](N(C)C(=O)[C@H](CCCCN)CS(=O)(=O)c2ccc(-c3ccc(Cl)cc3)cc2)C(=O)C[C@@H](C)C(=O)N1. The lowest BCUT2D eigenvalue weighted by Gasteiger charge is -2.32. The Morgan fingerprint density at radius 3 is 2.16 bits per heavy atom. The van der Waals surface area contributed by atoms with E-state index in [0.29, 0.717) is 49.4 Å². The number of fused-ring (bicyclic) bond motifs is 5. The second kappa shape index (κ2) is 21.8. The van der Waals surface area contributed by atoms with Crippen molar-refractivity contribution in [2.75, 3.05) is 25.9 Å². The molecule has 67 heavy (non-hydrogen) atoms. The number of Topliss-reactive ketones (excluding diaryl/α,β-unsaturated/α-hetero) is 3. The fourth-order valence-corrected chi connectivity index (χ4v) is 10.9. The molecule has 16 heteroatoms. The van der Waals surface area contributed by atoms with Crippen LogP contribution in [0.2, 0.25) is 5.02 Å². The zero-order chi connectivity index (χ0) is 48.7. The normalized spacial score (nSPS) is 19.8. The van der Waals surface area contributed by atoms with Gasteiger partial charge in [0.1, 0.15) is 17.5 Å². The number of halogens is 1. The number of aromatic hydroxyl groups is 2. The fourth-order valence-electron chi connectivity index (χ4n) is 9.15. The number of nitrogens with two attached hydrogens (primary N) is 1. The Balaban J connectivity index is 1.31. The molecule has 4 bridgehead atoms. The lowest BCUT2D eigenvalue weighted by atomic mass is 9.88. The highest BCUT2D eigenvalue weighted by molar-refractivity contribution is 7.91. The summed E-state index contributed by atoms with van der Waals surface area (Å²) in [6, 6.07) is 19.1. The van der Waals surface area contributed by atoms with E-state index in [-0.39, 0.29) is 64.0 Å². The quantitative estimate of drug-likeness (QED) is 0.0928. The molecule has 1 fully saturated rings. The van der Waals surface area contributed by atoms with Gasteiger partial charge in [-0.05, 0) is 116 Å². The van der Waals surface area contributed by atoms with Crippen LogP contribution < -0.4 is 11.1 Å². The first-order valence-corrected chi connectivity index (χ1v) is 24.7. The molecular weight excluding hydrogens is 896 g/mol. The molecule has 1 saturated heterocycles. The van der Waals surface area contributed by atoms with Crippen molar-refractivity contribution in [1.82, 2.24) is 15.1 Å². The number of nitrogens with zero attached hydrogens (tertiary/aromatic N) is 2. The van der Waals surface area contributed by atoms with Crippen molar-refractivity contribution >= 4 is 56.5 Å². The highest BCUT2D eigenvalue weighted by Gasteiger charge is 2.39. The maximum absolute atomic E-state index is 14.7. The van der Waals surface area contributed by atoms with Crippen LogP contribution in [0.4, 0.5) is 0 Å². The number of rotatable bonds is 15. The van der Waals surface area contributed by atoms with Crippen LogP contribution in [0.1, 0.15) is 82.9 Å². The van der Waals surface area contributed by atoms with E-state index in [1.165, 1.54) is 67.1 Å². The van der Waals surface area contributed by atoms with E-state index in [9.17, 15) is 47.4 Å². The van der Waals surface area contributed by atoms with Crippen molar-refractivity contribution in [3.05, 3.63) is 101 Å². The van der Waals surface area contributed by atoms with Gasteiger partial charge in [0.15, 0.2) is 27.2 Å². The summed E-state index contributed by atoms with van der Waals surface area (Å²) in [4.78, 5) is 86.0. The largest absolute Gasteiger partial charge is 0.507 e. The molecule has 0 saturated carbocycles. The van der Waals surface area contributed by atoms with Gasteiger partial charge in [-0.3, -0.25) is 28.8 Å². The average molecular weight is 956 g/mol. The third kappa shape index (κ3) is 12.0. The predicted molar refractivity (Wildman–Crippen MR) is 255 cm³/mol. The second-order valence-corrected chi connectivity index (χ2v) is 20.5. The number of unbranched alkanes of at least 4 members (excludes halogenated alkanes) is 1. The van der Waals surface area contributed by atoms with E-state index < -0.39 is 81.3 Å². The van der Waals surface area contributed by atoms with Gasteiger partial charge in [-0.2, -0.15) is 0 Å². The number of likely N-dealkylation sites (N-methyl/N-ethyl adjacent to an activating group) is 1. The number of hydrogen-bond acceptors (Lipinski definition) is 11. The molecule has 0 radical (unpaired) electrons. The number of nitrogens with one attached hydrogen (secondary N) is 1. The molecule has 0 aliphatic carbocycles. The molecule has 6 atom stereocenters. The molecule has 0 spiro atoms. The number of sulfone groups is 1. The fraction of sp³-hybridized carbons (Fsp3) is 0.412. The molecule has 3 amide bonds. The first-order valence-electron chi connectivity index (χ1n) is 22.7. The third-order valence-corrected chi connectivity index (χ3v) is 15.0. The van der Waals surface area contributed by atoms with Crippen LogP contribution in [-0.2, 0) is 45.0 Å². The number of carbonyl (C=O) groups excluding carboxylic acids is 6. The van der Waals surface area contributed by atoms with E-state index in [0.717, 1.165) is 11.1 Å². The predicted octanol–water partition coefficient (Wildman–Crippen LogP) is 6.62. The smallest absolute Gasteiger partial charge is 0.227 e. The Morgan fingerprint density at radius 2 is 1.52 bits per heavy atom. The van der Waals surface area contributed by atoms with Crippen molar-refractivity contribution in [2.45, 2.75) is 95.2 Å². The number of likely N-dealkylation sites (tertiary alicyclic amines) is 1. The average Bonchev–Trinajstić information content (AvgIpc) is 3.80. The zero-order valence-corrected chi connectivity index (χ0v) is 39.8. The molecule has 2 heterocycles. The van der Waals surface area contributed by atoms with E-state index in [4.69, 9.17) is 17.3 Å². The molecule has 2 aliphatic heterocycles. The highest BCUT2D eigenvalue weighted by Crippen LogP contribution is 2.40. The molecule has 5 N–H and O–H groups in total. The van der Waals surface area contributed by atoms with E-state index >= 15 is 0 Å². The number of phenolic OH excluding ortho intramolecular Hbond substituents is 2. The Hall–Kier alpha value is -5.90. The summed E-state index contributed by atoms with van der Waals surface area (Å²) in [7, 11) is -2.68. The number of carbonyl (C=O) groups is 6. The van der Waals surface area contributed by atoms with Gasteiger partial charge >= 0.3 is 0 Å². The monoisotopic (exact) mass is 954 g/mol. The molecule has 356 valence electrons. The molecule has 0 unspecified atom stereocenters. The topological polar surface area (TPSA) is 222 Å². The lowest BCUT2D eigenvalue weighted by molar-refractivity contribution is -0.142. The number of hydrogen-bond donors (Lipinski definition) is 4. The first-order chi connectivity index (χ1) is 31.8. The van der Waals surface area contributed by atoms with Crippen molar-refractivity contribution in [2.24, 2.45) is 23.5 Å². The maximum atomic E-state index is 14.7. The van der Waals surface area contributed by atoms with Crippen molar-refractivity contribution < 1.29 is 47.4 Å². The second-order valence-electron chi connectivity index (χ2n) is 18.0. The number of ketones is 3. The maximum Gasteiger partial charge on any atom is 0.227 e. The molecular formula is C51H59ClN4O10S. The van der Waals surface area contributed by atoms with Crippen molar-refractivity contribution in [3.63, 3.8) is 0 Å². The summed E-state index contributed by atoms with van der Waals surface area (Å²) in [5, 5.41) is 25.8. The minimum atomic E-state index is -4.07. The first kappa shape index (κ1) is 50.5. The Bertz CT molecular complexity index is 2620. The highest BCUT2D eigenvalue weighted by atomic mass is 35.5. The van der Waals surface area contributed by atoms with Gasteiger partial charge in [0.05, 0.1) is 28.6 Å². The summed E-state index contributed by atoms with van der Waals surface area (Å²) in [5.41, 5.74) is 8.38. The van der Waals surface area contributed by atoms with E-state index in [2.05, 4.69) is 5.32 Å². The summed E-state index contributed by atoms with van der Waals surface area (Å²) < 4.78 is 28.1. The van der Waals surface area contributed by atoms with Crippen LogP contribution in [0.5, 0.6) is 11.5 Å². The summed E-state index contributed by atoms with van der Waals surface area (Å²) in [6.45, 7) is 5.26. The van der Waals surface area contributed by atoms with Gasteiger partial charge in [0.2, 0.25) is 17.7 Å². The minimum absolute atomic E-state index is 0.00895. The number of benzene rings is 4. The summed E-state index contributed by atoms with van der Waals surface area (Å²) in [6.07, 6.45) is 1.57. The van der Waals surface area contributed by atoms with Crippen LogP contribution in [-0.4, -0.2) is 101 Å². The molecule has 0 aromatic heterocycles. The number of phenols is 2. The minimum Gasteiger partial charge on any atom is -0.507 e. The standard InChI is InChI=1S/C51H59ClN4O10S/c1-30-24-47(61)48(55(4)51(64)37(8-5-6-22-53)29-67(65,66)39-18-13-35(14-19-39)34-11-16-38(52)17-12-34)36-15-21-45(59)41(28-36)40-26-33(10-20-44(40)58)27-42(54-49(30)62)46(60)25-31(2)50(63)56-23-7-9-43(56)32(3)57/h10-21,26,28,30-31,37,42-43,48,58-59H,5-9,22-25,27,29,53H2,1-4H3,(H,54,62)/t30-,31-,37-,42+,43+,48+/m1/s1. The Labute approximate surface area is 396 Å². The van der Waals surface area contributed by atoms with Crippen molar-refractivity contribution in [1.29, 1.82) is 0 Å². The van der Waals surface area contributed by atoms with Crippen molar-refractivity contribution in [3.8, 4) is 33.8 Å². The molecule has 2 aliphatic rings. The van der Waals surface area contributed by atoms with Gasteiger partial charge in [-0.15, -0.1) is 0 Å². The van der Waals surface area contributed by atoms with Crippen LogP contribution in [0.15, 0.2) is 89.8 Å². The lowest BCUT2D eigenvalue weighted by Crippen LogP contribution is -2.47. The van der Waals surface area contributed by atoms with E-state index in [1.54, 1.807) is 43.3 Å². The summed E-state index contributed by atoms with van der Waals surface area (Å²) >= 11 is 6.05. The van der Waals surface area contributed by atoms with Gasteiger partial charge in [-0.1, -0.05) is 68.3 Å². The van der Waals surface area contributed by atoms with Crippen LogP contribution in [0.25, 0.3) is 22.3 Å². The molecule has 14 nitrogen and oxygen atoms in total. The van der Waals surface area contributed by atoms with Gasteiger partial charge < -0.3 is 31.1 Å². The molecule has 4 aromatic carbocycles. The van der Waals surface area contributed by atoms with Gasteiger partial charge in [-0.25, -0.2) is 8.42 Å². The van der Waals surface area contributed by atoms with E-state index in [1.807, 2.05) is 12.1 Å². The van der Waals surface area contributed by atoms with Crippen LogP contribution >= 0.6 is 11.6 Å². The van der Waals surface area contributed by atoms with Gasteiger partial charge in [0, 0.05) is 54.4 Å². The Morgan fingerprint density at radius 1 is 0.896 bits per heavy atom. The zero-order valence-electron chi connectivity index (χ0n) is 38.2. The van der Waals surface area contributed by atoms with Crippen LogP contribution in [0, 0.1) is 17.8 Å².